The molecule has 1 N–H and O–H groups in total. The molecule has 3 rings (SSSR count). The second kappa shape index (κ2) is 8.95. The van der Waals surface area contributed by atoms with E-state index < -0.39 is 0 Å². The van der Waals surface area contributed by atoms with Gasteiger partial charge in [0.05, 0.1) is 6.04 Å². The van der Waals surface area contributed by atoms with Crippen LogP contribution in [0.4, 0.5) is 11.6 Å². The summed E-state index contributed by atoms with van der Waals surface area (Å²) in [6.07, 6.45) is 4.57. The normalized spacial score (nSPS) is 17.4. The zero-order chi connectivity index (χ0) is 19.2. The average molecular weight is 367 g/mol. The number of hydrogen-bond donors (Lipinski definition) is 1. The first-order valence-corrected chi connectivity index (χ1v) is 9.76. The molecule has 144 valence electrons. The second-order valence-corrected chi connectivity index (χ2v) is 7.13. The lowest BCUT2D eigenvalue weighted by atomic mass is 9.97. The van der Waals surface area contributed by atoms with E-state index in [-0.39, 0.29) is 11.9 Å². The summed E-state index contributed by atoms with van der Waals surface area (Å²) >= 11 is 0. The highest BCUT2D eigenvalue weighted by molar-refractivity contribution is 5.95. The molecule has 0 bridgehead atoms. The first kappa shape index (κ1) is 19.3. The summed E-state index contributed by atoms with van der Waals surface area (Å²) in [6.45, 7) is 9.63. The molecular formula is C21H29N5O. The number of nitrogens with one attached hydrogen (secondary N) is 1. The fourth-order valence-corrected chi connectivity index (χ4v) is 3.43. The molecule has 6 nitrogen and oxygen atoms in total. The number of carbonyl (C=O) groups excluding carboxylic acids is 1. The highest BCUT2D eigenvalue weighted by Crippen LogP contribution is 2.26. The molecule has 2 atom stereocenters. The maximum atomic E-state index is 12.8. The first-order valence-electron chi connectivity index (χ1n) is 9.76. The summed E-state index contributed by atoms with van der Waals surface area (Å²) in [4.78, 5) is 25.9. The smallest absolute Gasteiger partial charge is 0.241 e. The van der Waals surface area contributed by atoms with Gasteiger partial charge in [0, 0.05) is 44.3 Å². The topological polar surface area (TPSA) is 61.4 Å². The molecule has 0 radical (unpaired) electrons. The molecule has 1 aliphatic heterocycles. The summed E-state index contributed by atoms with van der Waals surface area (Å²) in [7, 11) is 0. The largest absolute Gasteiger partial charge is 0.338 e. The van der Waals surface area contributed by atoms with E-state index >= 15 is 0 Å². The molecule has 1 aliphatic rings. The first-order chi connectivity index (χ1) is 13.1. The van der Waals surface area contributed by atoms with Gasteiger partial charge in [-0.05, 0) is 37.0 Å². The molecule has 1 fully saturated rings. The fraction of sp³-hybridized carbons (Fsp3) is 0.476. The van der Waals surface area contributed by atoms with E-state index in [0.29, 0.717) is 5.92 Å². The maximum absolute atomic E-state index is 12.8. The van der Waals surface area contributed by atoms with Gasteiger partial charge in [0.1, 0.15) is 0 Å². The van der Waals surface area contributed by atoms with Gasteiger partial charge in [-0.25, -0.2) is 9.97 Å². The Morgan fingerprint density at radius 1 is 1.07 bits per heavy atom. The molecule has 1 aromatic carbocycles. The molecule has 6 heteroatoms. The van der Waals surface area contributed by atoms with Crippen molar-refractivity contribution >= 4 is 17.5 Å². The van der Waals surface area contributed by atoms with E-state index in [4.69, 9.17) is 0 Å². The van der Waals surface area contributed by atoms with Crippen LogP contribution in [-0.4, -0.2) is 53.0 Å². The summed E-state index contributed by atoms with van der Waals surface area (Å²) < 4.78 is 0. The number of hydrogen-bond acceptors (Lipinski definition) is 5. The lowest BCUT2D eigenvalue weighted by Crippen LogP contribution is -2.53. The van der Waals surface area contributed by atoms with Gasteiger partial charge in [0.2, 0.25) is 11.9 Å². The summed E-state index contributed by atoms with van der Waals surface area (Å²) in [5.74, 6) is 1.23. The van der Waals surface area contributed by atoms with Crippen molar-refractivity contribution in [1.82, 2.24) is 14.9 Å². The summed E-state index contributed by atoms with van der Waals surface area (Å²) in [5.41, 5.74) is 2.13. The summed E-state index contributed by atoms with van der Waals surface area (Å²) in [6, 6.07) is 9.76. The van der Waals surface area contributed by atoms with Crippen molar-refractivity contribution in [3.8, 4) is 0 Å². The van der Waals surface area contributed by atoms with Gasteiger partial charge in [0.25, 0.3) is 0 Å². The predicted octanol–water partition coefficient (Wildman–Crippen LogP) is 3.14. The van der Waals surface area contributed by atoms with E-state index in [1.54, 1.807) is 12.4 Å². The number of para-hydroxylation sites is 1. The third-order valence-electron chi connectivity index (χ3n) is 5.44. The molecule has 0 aliphatic carbocycles. The molecule has 2 aromatic rings. The van der Waals surface area contributed by atoms with Gasteiger partial charge in [-0.2, -0.15) is 0 Å². The molecule has 0 saturated carbocycles. The zero-order valence-electron chi connectivity index (χ0n) is 16.4. The number of nitrogens with zero attached hydrogens (tertiary/aromatic N) is 4. The average Bonchev–Trinajstić information content (AvgIpc) is 2.73. The van der Waals surface area contributed by atoms with Crippen molar-refractivity contribution in [3.63, 3.8) is 0 Å². The van der Waals surface area contributed by atoms with Crippen molar-refractivity contribution in [1.29, 1.82) is 0 Å². The minimum absolute atomic E-state index is 0.0511. The number of benzene rings is 1. The van der Waals surface area contributed by atoms with Crippen LogP contribution in [-0.2, 0) is 4.79 Å². The number of amides is 1. The molecule has 1 amide bonds. The molecule has 1 aromatic heterocycles. The lowest BCUT2D eigenvalue weighted by molar-refractivity contribution is -0.120. The Morgan fingerprint density at radius 3 is 2.41 bits per heavy atom. The monoisotopic (exact) mass is 367 g/mol. The molecular weight excluding hydrogens is 338 g/mol. The standard InChI is InChI=1S/C21H29N5O/c1-4-16(2)18-8-5-6-9-19(18)24-20(27)17(3)25-12-14-26(15-13-25)21-22-10-7-11-23-21/h5-11,16-17H,4,12-15H2,1-3H3,(H,24,27)/t16-,17+/m1/s1. The van der Waals surface area contributed by atoms with Crippen molar-refractivity contribution in [2.45, 2.75) is 39.2 Å². The van der Waals surface area contributed by atoms with Crippen LogP contribution in [0.3, 0.4) is 0 Å². The Bertz CT molecular complexity index is 743. The van der Waals surface area contributed by atoms with Crippen molar-refractivity contribution in [2.24, 2.45) is 0 Å². The van der Waals surface area contributed by atoms with Crippen LogP contribution in [0.25, 0.3) is 0 Å². The van der Waals surface area contributed by atoms with Crippen molar-refractivity contribution in [3.05, 3.63) is 48.3 Å². The summed E-state index contributed by atoms with van der Waals surface area (Å²) in [5, 5.41) is 3.15. The SMILES string of the molecule is CC[C@@H](C)c1ccccc1NC(=O)[C@H](C)N1CCN(c2ncccn2)CC1. The van der Waals surface area contributed by atoms with Crippen LogP contribution in [0.1, 0.15) is 38.7 Å². The molecule has 2 heterocycles. The van der Waals surface area contributed by atoms with Crippen LogP contribution in [0, 0.1) is 0 Å². The lowest BCUT2D eigenvalue weighted by Gasteiger charge is -2.37. The van der Waals surface area contributed by atoms with Gasteiger partial charge in [-0.15, -0.1) is 0 Å². The zero-order valence-corrected chi connectivity index (χ0v) is 16.4. The minimum atomic E-state index is -0.172. The van der Waals surface area contributed by atoms with E-state index in [0.717, 1.165) is 44.2 Å². The van der Waals surface area contributed by atoms with Crippen LogP contribution >= 0.6 is 0 Å². The minimum Gasteiger partial charge on any atom is -0.338 e. The van der Waals surface area contributed by atoms with E-state index in [1.807, 2.05) is 31.2 Å². The van der Waals surface area contributed by atoms with E-state index in [2.05, 4.69) is 45.0 Å². The van der Waals surface area contributed by atoms with Crippen LogP contribution < -0.4 is 10.2 Å². The van der Waals surface area contributed by atoms with Crippen molar-refractivity contribution < 1.29 is 4.79 Å². The molecule has 27 heavy (non-hydrogen) atoms. The second-order valence-electron chi connectivity index (χ2n) is 7.13. The van der Waals surface area contributed by atoms with Crippen LogP contribution in [0.2, 0.25) is 0 Å². The van der Waals surface area contributed by atoms with Crippen molar-refractivity contribution in [2.75, 3.05) is 36.4 Å². The predicted molar refractivity (Wildman–Crippen MR) is 109 cm³/mol. The van der Waals surface area contributed by atoms with Crippen LogP contribution in [0.15, 0.2) is 42.7 Å². The van der Waals surface area contributed by atoms with Gasteiger partial charge < -0.3 is 10.2 Å². The quantitative estimate of drug-likeness (QED) is 0.850. The number of aromatic nitrogens is 2. The van der Waals surface area contributed by atoms with Gasteiger partial charge in [-0.3, -0.25) is 9.69 Å². The number of anilines is 2. The third-order valence-corrected chi connectivity index (χ3v) is 5.44. The Labute approximate surface area is 161 Å². The highest BCUT2D eigenvalue weighted by atomic mass is 16.2. The fourth-order valence-electron chi connectivity index (χ4n) is 3.43. The highest BCUT2D eigenvalue weighted by Gasteiger charge is 2.27. The maximum Gasteiger partial charge on any atom is 0.241 e. The molecule has 0 spiro atoms. The third kappa shape index (κ3) is 4.63. The number of rotatable bonds is 6. The van der Waals surface area contributed by atoms with Gasteiger partial charge >= 0.3 is 0 Å². The molecule has 0 unspecified atom stereocenters. The van der Waals surface area contributed by atoms with E-state index in [9.17, 15) is 4.79 Å². The Morgan fingerprint density at radius 2 is 1.74 bits per heavy atom. The van der Waals surface area contributed by atoms with Crippen LogP contribution in [0.5, 0.6) is 0 Å². The van der Waals surface area contributed by atoms with E-state index in [1.165, 1.54) is 5.56 Å². The Kier molecular flexibility index (Phi) is 6.40. The number of piperazine rings is 1. The van der Waals surface area contributed by atoms with Gasteiger partial charge in [0.15, 0.2) is 0 Å². The Hall–Kier alpha value is -2.47. The Balaban J connectivity index is 1.59. The number of carbonyl (C=O) groups is 1. The van der Waals surface area contributed by atoms with Gasteiger partial charge in [-0.1, -0.05) is 32.0 Å². The molecule has 1 saturated heterocycles.